The van der Waals surface area contributed by atoms with Gasteiger partial charge in [0.15, 0.2) is 5.56 Å². The zero-order chi connectivity index (χ0) is 24.5. The highest BCUT2D eigenvalue weighted by Crippen LogP contribution is 2.31. The molecule has 1 aliphatic heterocycles. The number of carbonyl (C=O) groups excluding carboxylic acids is 2. The summed E-state index contributed by atoms with van der Waals surface area (Å²) in [7, 11) is 0. The highest BCUT2D eigenvalue weighted by atomic mass is 16.5. The van der Waals surface area contributed by atoms with Gasteiger partial charge in [-0.1, -0.05) is 12.1 Å². The number of hydrazone groups is 1. The van der Waals surface area contributed by atoms with Gasteiger partial charge in [0, 0.05) is 12.2 Å². The molecule has 0 saturated carbocycles. The van der Waals surface area contributed by atoms with Crippen molar-refractivity contribution < 1.29 is 23.8 Å². The van der Waals surface area contributed by atoms with Gasteiger partial charge >= 0.3 is 5.97 Å². The Morgan fingerprint density at radius 3 is 2.76 bits per heavy atom. The molecule has 10 nitrogen and oxygen atoms in total. The smallest absolute Gasteiger partial charge is 0.347 e. The number of piperidine rings is 1. The lowest BCUT2D eigenvalue weighted by atomic mass is 9.99. The zero-order valence-electron chi connectivity index (χ0n) is 19.7. The molecule has 2 aromatic rings. The van der Waals surface area contributed by atoms with Crippen molar-refractivity contribution in [2.24, 2.45) is 10.8 Å². The first-order chi connectivity index (χ1) is 16.5. The second-order valence-corrected chi connectivity index (χ2v) is 7.70. The molecule has 1 saturated heterocycles. The molecule has 3 rings (SSSR count). The number of amides is 1. The molecule has 0 spiro atoms. The van der Waals surface area contributed by atoms with Gasteiger partial charge in [0.1, 0.15) is 18.2 Å². The summed E-state index contributed by atoms with van der Waals surface area (Å²) in [6.45, 7) is 6.47. The van der Waals surface area contributed by atoms with Crippen LogP contribution in [0.2, 0.25) is 0 Å². The lowest BCUT2D eigenvalue weighted by molar-refractivity contribution is 0.0351. The molecule has 3 N–H and O–H groups in total. The minimum atomic E-state index is -0.563. The van der Waals surface area contributed by atoms with Crippen LogP contribution in [0.15, 0.2) is 41.6 Å². The fourth-order valence-electron chi connectivity index (χ4n) is 3.82. The number of likely N-dealkylation sites (tertiary alicyclic amines) is 1. The van der Waals surface area contributed by atoms with Gasteiger partial charge in [-0.3, -0.25) is 10.2 Å². The highest BCUT2D eigenvalue weighted by molar-refractivity contribution is 6.00. The first-order valence-corrected chi connectivity index (χ1v) is 11.3. The van der Waals surface area contributed by atoms with Crippen LogP contribution >= 0.6 is 0 Å². The molecule has 1 amide bonds. The van der Waals surface area contributed by atoms with Crippen molar-refractivity contribution in [2.45, 2.75) is 45.8 Å². The Balaban J connectivity index is 1.83. The Morgan fingerprint density at radius 2 is 2.03 bits per heavy atom. The summed E-state index contributed by atoms with van der Waals surface area (Å²) in [5.74, 6) is -0.233. The van der Waals surface area contributed by atoms with Gasteiger partial charge in [-0.2, -0.15) is 5.10 Å². The third kappa shape index (κ3) is 5.75. The van der Waals surface area contributed by atoms with E-state index in [0.717, 1.165) is 12.8 Å². The number of nitrogens with zero attached hydrogens (tertiary/aromatic N) is 3. The van der Waals surface area contributed by atoms with E-state index >= 15 is 0 Å². The Morgan fingerprint density at radius 1 is 1.24 bits per heavy atom. The molecule has 1 fully saturated rings. The summed E-state index contributed by atoms with van der Waals surface area (Å²) >= 11 is 0. The summed E-state index contributed by atoms with van der Waals surface area (Å²) in [4.78, 5) is 32.1. The predicted octanol–water partition coefficient (Wildman–Crippen LogP) is 3.04. The van der Waals surface area contributed by atoms with Crippen molar-refractivity contribution in [3.63, 3.8) is 0 Å². The maximum absolute atomic E-state index is 13.4. The average Bonchev–Trinajstić information content (AvgIpc) is 2.84. The van der Waals surface area contributed by atoms with Crippen LogP contribution in [-0.2, 0) is 4.74 Å². The number of ether oxygens (including phenoxy) is 3. The van der Waals surface area contributed by atoms with E-state index < -0.39 is 5.97 Å². The van der Waals surface area contributed by atoms with Crippen LogP contribution in [0.5, 0.6) is 11.6 Å². The minimum Gasteiger partial charge on any atom is -0.493 e. The van der Waals surface area contributed by atoms with Crippen LogP contribution in [0.3, 0.4) is 0 Å². The molecule has 0 unspecified atom stereocenters. The summed E-state index contributed by atoms with van der Waals surface area (Å²) in [6.07, 6.45) is 3.72. The number of rotatable bonds is 9. The van der Waals surface area contributed by atoms with Gasteiger partial charge in [0.05, 0.1) is 31.0 Å². The first-order valence-electron chi connectivity index (χ1n) is 11.3. The lowest BCUT2D eigenvalue weighted by Crippen LogP contribution is -2.49. The maximum Gasteiger partial charge on any atom is 0.347 e. The van der Waals surface area contributed by atoms with Crippen LogP contribution in [0.1, 0.15) is 54.3 Å². The number of para-hydroxylation sites is 1. The number of nitrogens with one attached hydrogen (secondary N) is 1. The molecule has 1 aliphatic rings. The van der Waals surface area contributed by atoms with Crippen molar-refractivity contribution >= 4 is 23.9 Å². The molecule has 182 valence electrons. The molecule has 0 aliphatic carbocycles. The number of esters is 1. The van der Waals surface area contributed by atoms with Crippen LogP contribution in [0.4, 0.5) is 5.69 Å². The van der Waals surface area contributed by atoms with E-state index in [2.05, 4.69) is 15.5 Å². The van der Waals surface area contributed by atoms with Gasteiger partial charge < -0.3 is 24.8 Å². The molecule has 1 aromatic carbocycles. The van der Waals surface area contributed by atoms with E-state index in [4.69, 9.17) is 19.9 Å². The van der Waals surface area contributed by atoms with Crippen LogP contribution in [0.25, 0.3) is 0 Å². The summed E-state index contributed by atoms with van der Waals surface area (Å²) in [5.41, 5.74) is 9.30. The molecule has 1 aromatic heterocycles. The van der Waals surface area contributed by atoms with Crippen molar-refractivity contribution in [2.75, 3.05) is 25.2 Å². The van der Waals surface area contributed by atoms with Crippen molar-refractivity contribution in [3.05, 3.63) is 47.7 Å². The van der Waals surface area contributed by atoms with Gasteiger partial charge in [-0.15, -0.1) is 0 Å². The quantitative estimate of drug-likeness (QED) is 0.248. The third-order valence-corrected chi connectivity index (χ3v) is 5.45. The number of anilines is 1. The summed E-state index contributed by atoms with van der Waals surface area (Å²) < 4.78 is 17.0. The molecule has 0 bridgehead atoms. The monoisotopic (exact) mass is 469 g/mol. The van der Waals surface area contributed by atoms with Crippen molar-refractivity contribution in [3.8, 4) is 11.6 Å². The Kier molecular flexibility index (Phi) is 8.66. The Labute approximate surface area is 199 Å². The number of nitrogens with two attached hydrogens (primary N) is 1. The molecular formula is C24H31N5O5. The number of aromatic nitrogens is 1. The Bertz CT molecular complexity index is 1030. The Hall–Kier alpha value is -3.82. The molecular weight excluding hydrogens is 438 g/mol. The molecule has 2 atom stereocenters. The highest BCUT2D eigenvalue weighted by Gasteiger charge is 2.33. The van der Waals surface area contributed by atoms with E-state index in [-0.39, 0.29) is 36.1 Å². The number of hydrogen-bond donors (Lipinski definition) is 2. The van der Waals surface area contributed by atoms with Crippen LogP contribution in [0, 0.1) is 0 Å². The van der Waals surface area contributed by atoms with E-state index in [9.17, 15) is 9.59 Å². The average molecular weight is 470 g/mol. The number of carbonyl (C=O) groups is 2. The van der Waals surface area contributed by atoms with Crippen molar-refractivity contribution in [1.29, 1.82) is 0 Å². The number of hydrogen-bond acceptors (Lipinski definition) is 8. The van der Waals surface area contributed by atoms with Crippen molar-refractivity contribution in [1.82, 2.24) is 9.88 Å². The first kappa shape index (κ1) is 24.8. The second kappa shape index (κ2) is 11.9. The van der Waals surface area contributed by atoms with E-state index in [1.807, 2.05) is 19.9 Å². The third-order valence-electron chi connectivity index (χ3n) is 5.45. The maximum atomic E-state index is 13.4. The molecule has 34 heavy (non-hydrogen) atoms. The number of pyridine rings is 1. The second-order valence-electron chi connectivity index (χ2n) is 7.70. The fourth-order valence-corrected chi connectivity index (χ4v) is 3.82. The van der Waals surface area contributed by atoms with E-state index in [1.165, 1.54) is 6.20 Å². The van der Waals surface area contributed by atoms with Crippen LogP contribution < -0.4 is 20.6 Å². The van der Waals surface area contributed by atoms with Crippen LogP contribution in [-0.4, -0.2) is 60.0 Å². The standard InChI is InChI=1S/C24H31N5O5/c1-4-32-20-12-13-26-22(21(20)24(31)33-5-2)34-17-11-10-16(3)29(14-17)23(30)18-8-6-7-9-19(18)28-27-15-25/h6-9,12-13,15-17,28H,4-5,10-11,14H2,1-3H3,(H2,25,27)/t16-,17-/m1/s1. The lowest BCUT2D eigenvalue weighted by Gasteiger charge is -2.38. The SMILES string of the molecule is CCOC(=O)c1c(OCC)ccnc1O[C@@H]1CC[C@@H](C)N(C(=O)c2ccccc2N/N=C\N)C1. The fraction of sp³-hybridized carbons (Fsp3) is 0.417. The topological polar surface area (TPSA) is 128 Å². The zero-order valence-corrected chi connectivity index (χ0v) is 19.7. The van der Waals surface area contributed by atoms with Gasteiger partial charge in [-0.25, -0.2) is 9.78 Å². The largest absolute Gasteiger partial charge is 0.493 e. The minimum absolute atomic E-state index is 0.00524. The van der Waals surface area contributed by atoms with Gasteiger partial charge in [-0.05, 0) is 51.8 Å². The molecule has 10 heteroatoms. The molecule has 0 radical (unpaired) electrons. The van der Waals surface area contributed by atoms with Gasteiger partial charge in [0.2, 0.25) is 5.88 Å². The summed E-state index contributed by atoms with van der Waals surface area (Å²) in [5, 5.41) is 3.83. The normalized spacial score (nSPS) is 17.9. The number of benzene rings is 1. The predicted molar refractivity (Wildman–Crippen MR) is 128 cm³/mol. The molecule has 2 heterocycles. The van der Waals surface area contributed by atoms with E-state index in [1.54, 1.807) is 36.1 Å². The van der Waals surface area contributed by atoms with Gasteiger partial charge in [0.25, 0.3) is 5.91 Å². The summed E-state index contributed by atoms with van der Waals surface area (Å²) in [6, 6.07) is 8.71. The van der Waals surface area contributed by atoms with E-state index in [0.29, 0.717) is 36.6 Å².